The molecule has 114 valence electrons. The molecule has 1 aromatic rings. The Kier molecular flexibility index (Phi) is 13.4. The van der Waals surface area contributed by atoms with E-state index in [1.807, 2.05) is 0 Å². The number of ketones is 1. The predicted octanol–water partition coefficient (Wildman–Crippen LogP) is 2.98. The molecule has 0 aliphatic carbocycles. The number of hydrogen-bond donors (Lipinski definition) is 1. The molecule has 1 rings (SSSR count). The minimum Gasteiger partial charge on any atom is -0.493 e. The third kappa shape index (κ3) is 5.53. The van der Waals surface area contributed by atoms with E-state index in [-0.39, 0.29) is 20.4 Å². The van der Waals surface area contributed by atoms with Crippen molar-refractivity contribution in [2.75, 3.05) is 14.2 Å². The first-order valence-corrected chi connectivity index (χ1v) is 4.76. The maximum Gasteiger partial charge on any atom is 0.412 e. The summed E-state index contributed by atoms with van der Waals surface area (Å²) in [6.07, 6.45) is 0. The zero-order chi connectivity index (χ0) is 14.1. The SMILES string of the molecule is C.C.C=C.COc1ccc(C(=O)C(=O)OO)cc1OC. The molecule has 20 heavy (non-hydrogen) atoms. The first-order chi connectivity index (χ1) is 8.63. The second-order valence-corrected chi connectivity index (χ2v) is 2.78. The zero-order valence-corrected chi connectivity index (χ0v) is 10.1. The van der Waals surface area contributed by atoms with Gasteiger partial charge in [0.2, 0.25) is 0 Å². The van der Waals surface area contributed by atoms with Crippen LogP contribution in [0.15, 0.2) is 31.4 Å². The topological polar surface area (TPSA) is 82.1 Å². The van der Waals surface area contributed by atoms with E-state index in [0.29, 0.717) is 11.5 Å². The Morgan fingerprint density at radius 1 is 1.05 bits per heavy atom. The van der Waals surface area contributed by atoms with Crippen LogP contribution in [0.2, 0.25) is 0 Å². The molecule has 0 amide bonds. The van der Waals surface area contributed by atoms with Gasteiger partial charge in [-0.25, -0.2) is 4.79 Å². The molecule has 0 fully saturated rings. The van der Waals surface area contributed by atoms with Gasteiger partial charge in [0.15, 0.2) is 11.5 Å². The summed E-state index contributed by atoms with van der Waals surface area (Å²) in [5.41, 5.74) is 0.0386. The van der Waals surface area contributed by atoms with Crippen LogP contribution in [0.4, 0.5) is 0 Å². The average molecular weight is 286 g/mol. The fourth-order valence-electron chi connectivity index (χ4n) is 1.14. The van der Waals surface area contributed by atoms with Crippen molar-refractivity contribution in [3.05, 3.63) is 36.9 Å². The summed E-state index contributed by atoms with van der Waals surface area (Å²) in [6, 6.07) is 4.15. The Morgan fingerprint density at radius 3 is 1.95 bits per heavy atom. The van der Waals surface area contributed by atoms with Gasteiger partial charge in [0, 0.05) is 5.56 Å². The van der Waals surface area contributed by atoms with Gasteiger partial charge in [-0.3, -0.25) is 9.68 Å². The number of rotatable bonds is 4. The predicted molar refractivity (Wildman–Crippen MR) is 77.3 cm³/mol. The highest BCUT2D eigenvalue weighted by molar-refractivity contribution is 6.40. The van der Waals surface area contributed by atoms with E-state index in [0.717, 1.165) is 0 Å². The molecule has 0 aliphatic heterocycles. The van der Waals surface area contributed by atoms with Crippen molar-refractivity contribution in [2.45, 2.75) is 14.9 Å². The highest BCUT2D eigenvalue weighted by Gasteiger charge is 2.19. The quantitative estimate of drug-likeness (QED) is 0.301. The Balaban J connectivity index is -0.000000689. The number of ether oxygens (including phenoxy) is 2. The maximum atomic E-state index is 11.3. The number of methoxy groups -OCH3 is 2. The summed E-state index contributed by atoms with van der Waals surface area (Å²) < 4.78 is 9.90. The van der Waals surface area contributed by atoms with Crippen molar-refractivity contribution >= 4 is 11.8 Å². The summed E-state index contributed by atoms with van der Waals surface area (Å²) in [4.78, 5) is 25.4. The van der Waals surface area contributed by atoms with Crippen LogP contribution in [0.3, 0.4) is 0 Å². The summed E-state index contributed by atoms with van der Waals surface area (Å²) in [5.74, 6) is -1.59. The fraction of sp³-hybridized carbons (Fsp3) is 0.286. The van der Waals surface area contributed by atoms with Crippen LogP contribution in [0.5, 0.6) is 11.5 Å². The molecule has 0 atom stereocenters. The normalized spacial score (nSPS) is 7.75. The van der Waals surface area contributed by atoms with Crippen LogP contribution in [-0.2, 0) is 9.68 Å². The van der Waals surface area contributed by atoms with Crippen molar-refractivity contribution < 1.29 is 29.2 Å². The molecule has 0 aromatic heterocycles. The van der Waals surface area contributed by atoms with Gasteiger partial charge < -0.3 is 9.47 Å². The van der Waals surface area contributed by atoms with Crippen LogP contribution in [-0.4, -0.2) is 31.2 Å². The molecule has 1 aromatic carbocycles. The molecule has 1 N–H and O–H groups in total. The third-order valence-corrected chi connectivity index (χ3v) is 1.91. The average Bonchev–Trinajstić information content (AvgIpc) is 2.46. The second-order valence-electron chi connectivity index (χ2n) is 2.78. The van der Waals surface area contributed by atoms with Crippen molar-refractivity contribution in [1.29, 1.82) is 0 Å². The smallest absolute Gasteiger partial charge is 0.412 e. The van der Waals surface area contributed by atoms with Crippen LogP contribution in [0, 0.1) is 0 Å². The van der Waals surface area contributed by atoms with Crippen molar-refractivity contribution in [3.63, 3.8) is 0 Å². The van der Waals surface area contributed by atoms with Gasteiger partial charge in [0.25, 0.3) is 5.78 Å². The molecule has 6 nitrogen and oxygen atoms in total. The van der Waals surface area contributed by atoms with Crippen LogP contribution in [0.1, 0.15) is 25.2 Å². The minimum absolute atomic E-state index is 0. The lowest BCUT2D eigenvalue weighted by Gasteiger charge is -2.07. The van der Waals surface area contributed by atoms with Crippen LogP contribution < -0.4 is 9.47 Å². The lowest BCUT2D eigenvalue weighted by molar-refractivity contribution is -0.227. The van der Waals surface area contributed by atoms with E-state index in [1.165, 1.54) is 32.4 Å². The molecule has 0 spiro atoms. The molecule has 0 bridgehead atoms. The van der Waals surface area contributed by atoms with Gasteiger partial charge in [0.05, 0.1) is 14.2 Å². The summed E-state index contributed by atoms with van der Waals surface area (Å²) in [7, 11) is 2.85. The number of carbonyl (C=O) groups excluding carboxylic acids is 2. The van der Waals surface area contributed by atoms with Crippen molar-refractivity contribution in [3.8, 4) is 11.5 Å². The van der Waals surface area contributed by atoms with Gasteiger partial charge in [-0.15, -0.1) is 13.2 Å². The standard InChI is InChI=1S/C10H10O6.C2H4.2CH4/c1-14-7-4-3-6(5-8(7)15-2)9(11)10(12)16-13;1-2;;/h3-5,13H,1-2H3;1-2H2;2*1H4. The lowest BCUT2D eigenvalue weighted by atomic mass is 10.1. The molecule has 0 radical (unpaired) electrons. The Morgan fingerprint density at radius 2 is 1.55 bits per heavy atom. The molecule has 0 heterocycles. The van der Waals surface area contributed by atoms with Gasteiger partial charge >= 0.3 is 5.97 Å². The summed E-state index contributed by atoms with van der Waals surface area (Å²) in [5, 5.41) is 8.07. The zero-order valence-electron chi connectivity index (χ0n) is 10.1. The maximum absolute atomic E-state index is 11.3. The van der Waals surface area contributed by atoms with E-state index in [1.54, 1.807) is 0 Å². The summed E-state index contributed by atoms with van der Waals surface area (Å²) >= 11 is 0. The van der Waals surface area contributed by atoms with E-state index < -0.39 is 11.8 Å². The number of Topliss-reactive ketones (excluding diaryl/α,β-unsaturated/α-hetero) is 1. The molecular weight excluding hydrogens is 264 g/mol. The van der Waals surface area contributed by atoms with Crippen LogP contribution >= 0.6 is 0 Å². The largest absolute Gasteiger partial charge is 0.493 e. The monoisotopic (exact) mass is 286 g/mol. The van der Waals surface area contributed by atoms with Gasteiger partial charge in [-0.05, 0) is 18.2 Å². The first kappa shape index (κ1) is 22.8. The minimum atomic E-state index is -1.35. The molecule has 0 unspecified atom stereocenters. The highest BCUT2D eigenvalue weighted by Crippen LogP contribution is 2.27. The molecule has 0 saturated heterocycles. The van der Waals surface area contributed by atoms with E-state index in [9.17, 15) is 9.59 Å². The number of hydrogen-bond acceptors (Lipinski definition) is 6. The van der Waals surface area contributed by atoms with E-state index in [4.69, 9.17) is 14.7 Å². The molecule has 0 aliphatic rings. The first-order valence-electron chi connectivity index (χ1n) is 4.76. The fourth-order valence-corrected chi connectivity index (χ4v) is 1.14. The van der Waals surface area contributed by atoms with E-state index >= 15 is 0 Å². The van der Waals surface area contributed by atoms with Crippen molar-refractivity contribution in [2.24, 2.45) is 0 Å². The van der Waals surface area contributed by atoms with Gasteiger partial charge in [-0.2, -0.15) is 5.26 Å². The summed E-state index contributed by atoms with van der Waals surface area (Å²) in [6.45, 7) is 6.00. The number of carbonyl (C=O) groups is 2. The Labute approximate surface area is 119 Å². The number of benzene rings is 1. The van der Waals surface area contributed by atoms with Crippen molar-refractivity contribution in [1.82, 2.24) is 0 Å². The third-order valence-electron chi connectivity index (χ3n) is 1.91. The van der Waals surface area contributed by atoms with Gasteiger partial charge in [0.1, 0.15) is 0 Å². The Bertz CT molecular complexity index is 428. The molecule has 6 heteroatoms. The lowest BCUT2D eigenvalue weighted by Crippen LogP contribution is -2.15. The molecular formula is C14H22O6. The Hall–Kier alpha value is -2.34. The van der Waals surface area contributed by atoms with E-state index in [2.05, 4.69) is 18.0 Å². The highest BCUT2D eigenvalue weighted by atomic mass is 17.1. The van der Waals surface area contributed by atoms with Crippen LogP contribution in [0.25, 0.3) is 0 Å². The second kappa shape index (κ2) is 11.7. The molecule has 0 saturated carbocycles. The van der Waals surface area contributed by atoms with Gasteiger partial charge in [-0.1, -0.05) is 14.9 Å².